The molecule has 3 rings (SSSR count). The Morgan fingerprint density at radius 1 is 1.29 bits per heavy atom. The van der Waals surface area contributed by atoms with E-state index in [-0.39, 0.29) is 10.8 Å². The van der Waals surface area contributed by atoms with Crippen LogP contribution >= 0.6 is 11.8 Å². The molecule has 1 aliphatic rings. The SMILES string of the molecule is CCNC(=NCC1(Sc2ccccc2)CC1)NCC(c1cnn(C)c1)N(C)C. The van der Waals surface area contributed by atoms with E-state index in [0.717, 1.165) is 25.6 Å². The van der Waals surface area contributed by atoms with Gasteiger partial charge in [0.2, 0.25) is 0 Å². The number of rotatable bonds is 9. The molecule has 0 radical (unpaired) electrons. The maximum Gasteiger partial charge on any atom is 0.191 e. The van der Waals surface area contributed by atoms with Crippen LogP contribution in [0.1, 0.15) is 31.4 Å². The lowest BCUT2D eigenvalue weighted by atomic mass is 10.1. The maximum atomic E-state index is 4.91. The molecule has 2 N–H and O–H groups in total. The lowest BCUT2D eigenvalue weighted by Gasteiger charge is -2.25. The van der Waals surface area contributed by atoms with Crippen LogP contribution < -0.4 is 10.6 Å². The Bertz CT molecular complexity index is 766. The molecule has 0 amide bonds. The van der Waals surface area contributed by atoms with Crippen molar-refractivity contribution in [3.63, 3.8) is 0 Å². The second-order valence-electron chi connectivity index (χ2n) is 7.60. The first-order valence-electron chi connectivity index (χ1n) is 9.92. The number of likely N-dealkylation sites (N-methyl/N-ethyl adjacent to an activating group) is 1. The zero-order valence-electron chi connectivity index (χ0n) is 17.4. The summed E-state index contributed by atoms with van der Waals surface area (Å²) < 4.78 is 2.11. The number of hydrogen-bond acceptors (Lipinski definition) is 4. The summed E-state index contributed by atoms with van der Waals surface area (Å²) in [6.07, 6.45) is 6.47. The van der Waals surface area contributed by atoms with Crippen molar-refractivity contribution in [3.8, 4) is 0 Å². The molecule has 0 bridgehead atoms. The summed E-state index contributed by atoms with van der Waals surface area (Å²) in [4.78, 5) is 8.45. The van der Waals surface area contributed by atoms with Gasteiger partial charge < -0.3 is 15.5 Å². The van der Waals surface area contributed by atoms with E-state index >= 15 is 0 Å². The van der Waals surface area contributed by atoms with Gasteiger partial charge in [0.1, 0.15) is 0 Å². The molecule has 1 aliphatic carbocycles. The van der Waals surface area contributed by atoms with Gasteiger partial charge in [-0.15, -0.1) is 11.8 Å². The molecule has 6 nitrogen and oxygen atoms in total. The van der Waals surface area contributed by atoms with Gasteiger partial charge in [0.15, 0.2) is 5.96 Å². The summed E-state index contributed by atoms with van der Waals surface area (Å²) in [6, 6.07) is 10.9. The number of aliphatic imine (C=N–C) groups is 1. The van der Waals surface area contributed by atoms with Crippen molar-refractivity contribution in [2.45, 2.75) is 35.4 Å². The maximum absolute atomic E-state index is 4.91. The normalized spacial score (nSPS) is 16.8. The number of nitrogens with zero attached hydrogens (tertiary/aromatic N) is 4. The Hall–Kier alpha value is -1.99. The van der Waals surface area contributed by atoms with Crippen molar-refractivity contribution < 1.29 is 0 Å². The average molecular weight is 401 g/mol. The minimum Gasteiger partial charge on any atom is -0.357 e. The predicted octanol–water partition coefficient (Wildman–Crippen LogP) is 2.90. The quantitative estimate of drug-likeness (QED) is 0.501. The molecule has 28 heavy (non-hydrogen) atoms. The third kappa shape index (κ3) is 5.75. The number of guanidine groups is 1. The molecular weight excluding hydrogens is 368 g/mol. The first-order chi connectivity index (χ1) is 13.5. The zero-order chi connectivity index (χ0) is 20.0. The summed E-state index contributed by atoms with van der Waals surface area (Å²) in [7, 11) is 6.15. The third-order valence-corrected chi connectivity index (χ3v) is 6.43. The molecule has 1 aromatic heterocycles. The fraction of sp³-hybridized carbons (Fsp3) is 0.524. The molecule has 1 atom stereocenters. The van der Waals surface area contributed by atoms with Crippen LogP contribution in [0.15, 0.2) is 52.6 Å². The lowest BCUT2D eigenvalue weighted by Crippen LogP contribution is -2.42. The van der Waals surface area contributed by atoms with Crippen molar-refractivity contribution in [1.29, 1.82) is 0 Å². The van der Waals surface area contributed by atoms with E-state index in [0.29, 0.717) is 0 Å². The molecule has 1 aromatic carbocycles. The Morgan fingerprint density at radius 3 is 2.61 bits per heavy atom. The summed E-state index contributed by atoms with van der Waals surface area (Å²) in [5, 5.41) is 11.2. The van der Waals surface area contributed by atoms with Crippen molar-refractivity contribution in [3.05, 3.63) is 48.3 Å². The first kappa shape index (κ1) is 20.7. The monoisotopic (exact) mass is 400 g/mol. The van der Waals surface area contributed by atoms with Crippen LogP contribution in [0.2, 0.25) is 0 Å². The molecule has 0 saturated heterocycles. The molecule has 1 heterocycles. The second kappa shape index (κ2) is 9.47. The number of aryl methyl sites for hydroxylation is 1. The van der Waals surface area contributed by atoms with Gasteiger partial charge in [-0.1, -0.05) is 18.2 Å². The molecule has 0 spiro atoms. The van der Waals surface area contributed by atoms with E-state index in [2.05, 4.69) is 78.2 Å². The molecule has 1 fully saturated rings. The fourth-order valence-electron chi connectivity index (χ4n) is 3.14. The van der Waals surface area contributed by atoms with Gasteiger partial charge in [0.25, 0.3) is 0 Å². The summed E-state index contributed by atoms with van der Waals surface area (Å²) in [5.41, 5.74) is 1.20. The van der Waals surface area contributed by atoms with Gasteiger partial charge >= 0.3 is 0 Å². The fourth-order valence-corrected chi connectivity index (χ4v) is 4.37. The smallest absolute Gasteiger partial charge is 0.191 e. The number of benzene rings is 1. The average Bonchev–Trinajstić information content (AvgIpc) is 3.31. The highest BCUT2D eigenvalue weighted by atomic mass is 32.2. The van der Waals surface area contributed by atoms with Crippen LogP contribution in [0.3, 0.4) is 0 Å². The lowest BCUT2D eigenvalue weighted by molar-refractivity contribution is 0.298. The highest BCUT2D eigenvalue weighted by molar-refractivity contribution is 8.01. The number of thioether (sulfide) groups is 1. The van der Waals surface area contributed by atoms with Crippen LogP contribution in [-0.4, -0.2) is 59.1 Å². The van der Waals surface area contributed by atoms with Gasteiger partial charge in [0.05, 0.1) is 18.8 Å². The molecule has 152 valence electrons. The minimum absolute atomic E-state index is 0.242. The Labute approximate surface area is 172 Å². The van der Waals surface area contributed by atoms with Gasteiger partial charge in [-0.2, -0.15) is 5.10 Å². The summed E-state index contributed by atoms with van der Waals surface area (Å²) in [5.74, 6) is 0.887. The zero-order valence-corrected chi connectivity index (χ0v) is 18.2. The molecule has 0 aliphatic heterocycles. The van der Waals surface area contributed by atoms with E-state index in [1.807, 2.05) is 29.7 Å². The molecule has 1 saturated carbocycles. The topological polar surface area (TPSA) is 57.5 Å². The van der Waals surface area contributed by atoms with E-state index < -0.39 is 0 Å². The van der Waals surface area contributed by atoms with E-state index in [1.165, 1.54) is 23.3 Å². The number of hydrogen-bond donors (Lipinski definition) is 2. The molecule has 1 unspecified atom stereocenters. The van der Waals surface area contributed by atoms with E-state index in [4.69, 9.17) is 4.99 Å². The van der Waals surface area contributed by atoms with Crippen molar-refractivity contribution in [2.24, 2.45) is 12.0 Å². The van der Waals surface area contributed by atoms with Crippen LogP contribution in [0, 0.1) is 0 Å². The number of nitrogens with one attached hydrogen (secondary N) is 2. The highest BCUT2D eigenvalue weighted by Gasteiger charge is 2.43. The van der Waals surface area contributed by atoms with Gasteiger partial charge in [0, 0.05) is 41.5 Å². The third-order valence-electron chi connectivity index (χ3n) is 4.95. The Kier molecular flexibility index (Phi) is 7.02. The first-order valence-corrected chi connectivity index (χ1v) is 10.7. The second-order valence-corrected chi connectivity index (χ2v) is 9.14. The molecule has 7 heteroatoms. The number of aromatic nitrogens is 2. The Balaban J connectivity index is 1.60. The molecular formula is C21H32N6S. The van der Waals surface area contributed by atoms with E-state index in [1.54, 1.807) is 0 Å². The summed E-state index contributed by atoms with van der Waals surface area (Å²) in [6.45, 7) is 4.57. The highest BCUT2D eigenvalue weighted by Crippen LogP contribution is 2.51. The van der Waals surface area contributed by atoms with Crippen LogP contribution in [0.5, 0.6) is 0 Å². The largest absolute Gasteiger partial charge is 0.357 e. The van der Waals surface area contributed by atoms with Gasteiger partial charge in [-0.25, -0.2) is 0 Å². The van der Waals surface area contributed by atoms with Crippen molar-refractivity contribution >= 4 is 17.7 Å². The van der Waals surface area contributed by atoms with Gasteiger partial charge in [-0.05, 0) is 46.0 Å². The van der Waals surface area contributed by atoms with Crippen molar-refractivity contribution in [2.75, 3.05) is 33.7 Å². The predicted molar refractivity (Wildman–Crippen MR) is 118 cm³/mol. The van der Waals surface area contributed by atoms with Gasteiger partial charge in [-0.3, -0.25) is 9.67 Å². The van der Waals surface area contributed by atoms with Crippen LogP contribution in [0.25, 0.3) is 0 Å². The van der Waals surface area contributed by atoms with Crippen LogP contribution in [0.4, 0.5) is 0 Å². The van der Waals surface area contributed by atoms with Crippen molar-refractivity contribution in [1.82, 2.24) is 25.3 Å². The summed E-state index contributed by atoms with van der Waals surface area (Å²) >= 11 is 1.96. The Morgan fingerprint density at radius 2 is 2.04 bits per heavy atom. The molecule has 2 aromatic rings. The van der Waals surface area contributed by atoms with E-state index in [9.17, 15) is 0 Å². The standard InChI is InChI=1S/C21H32N6S/c1-5-22-20(23-14-19(26(2)3)17-13-25-27(4)15-17)24-16-21(11-12-21)28-18-9-7-6-8-10-18/h6-10,13,15,19H,5,11-12,14,16H2,1-4H3,(H2,22,23,24). The van der Waals surface area contributed by atoms with Crippen LogP contribution in [-0.2, 0) is 7.05 Å². The minimum atomic E-state index is 0.242.